The van der Waals surface area contributed by atoms with Gasteiger partial charge in [0.05, 0.1) is 6.10 Å². The van der Waals surface area contributed by atoms with E-state index in [9.17, 15) is 0 Å². The Labute approximate surface area is 99.8 Å². The summed E-state index contributed by atoms with van der Waals surface area (Å²) >= 11 is 0. The lowest BCUT2D eigenvalue weighted by molar-refractivity contribution is 0.0470. The zero-order chi connectivity index (χ0) is 12.1. The van der Waals surface area contributed by atoms with E-state index in [-0.39, 0.29) is 6.10 Å². The van der Waals surface area contributed by atoms with Crippen molar-refractivity contribution in [1.82, 2.24) is 0 Å². The highest BCUT2D eigenvalue weighted by Crippen LogP contribution is 2.21. The number of hydrogen-bond donors (Lipinski definition) is 0. The molecule has 0 spiro atoms. The quantitative estimate of drug-likeness (QED) is 0.707. The van der Waals surface area contributed by atoms with Gasteiger partial charge in [0.25, 0.3) is 0 Å². The fraction of sp³-hybridized carbons (Fsp3) is 0.600. The molecule has 0 saturated heterocycles. The van der Waals surface area contributed by atoms with Gasteiger partial charge in [0, 0.05) is 6.61 Å². The van der Waals surface area contributed by atoms with Crippen molar-refractivity contribution >= 4 is 0 Å². The minimum atomic E-state index is 0.198. The summed E-state index contributed by atoms with van der Waals surface area (Å²) in [4.78, 5) is 0. The Morgan fingerprint density at radius 3 is 1.81 bits per heavy atom. The van der Waals surface area contributed by atoms with Gasteiger partial charge >= 0.3 is 0 Å². The van der Waals surface area contributed by atoms with Gasteiger partial charge in [-0.3, -0.25) is 0 Å². The Morgan fingerprint density at radius 1 is 0.875 bits per heavy atom. The number of rotatable bonds is 5. The van der Waals surface area contributed by atoms with Gasteiger partial charge in [-0.1, -0.05) is 52.0 Å². The number of ether oxygens (including phenoxy) is 1. The van der Waals surface area contributed by atoms with Gasteiger partial charge < -0.3 is 4.74 Å². The summed E-state index contributed by atoms with van der Waals surface area (Å²) in [5, 5.41) is 0. The molecule has 0 aliphatic heterocycles. The molecule has 1 heteroatoms. The first-order chi connectivity index (χ1) is 7.50. The lowest BCUT2D eigenvalue weighted by atomic mass is 10.0. The van der Waals surface area contributed by atoms with E-state index in [1.165, 1.54) is 11.1 Å². The molecule has 0 aliphatic carbocycles. The molecule has 0 aliphatic rings. The van der Waals surface area contributed by atoms with Crippen LogP contribution in [0.3, 0.4) is 0 Å². The highest BCUT2D eigenvalue weighted by atomic mass is 16.5. The molecule has 0 bridgehead atoms. The summed E-state index contributed by atoms with van der Waals surface area (Å²) in [5.41, 5.74) is 2.66. The van der Waals surface area contributed by atoms with Crippen LogP contribution in [0.1, 0.15) is 57.8 Å². The van der Waals surface area contributed by atoms with Crippen molar-refractivity contribution in [2.75, 3.05) is 6.61 Å². The average Bonchev–Trinajstić information content (AvgIpc) is 2.26. The van der Waals surface area contributed by atoms with E-state index in [1.54, 1.807) is 0 Å². The molecule has 1 aromatic carbocycles. The van der Waals surface area contributed by atoms with E-state index in [0.717, 1.165) is 6.61 Å². The van der Waals surface area contributed by atoms with Crippen LogP contribution >= 0.6 is 0 Å². The Balaban J connectivity index is 2.59. The zero-order valence-corrected chi connectivity index (χ0v) is 11.2. The fourth-order valence-electron chi connectivity index (χ4n) is 1.58. The Morgan fingerprint density at radius 2 is 1.38 bits per heavy atom. The zero-order valence-electron chi connectivity index (χ0n) is 11.2. The molecule has 0 saturated carbocycles. The van der Waals surface area contributed by atoms with Crippen molar-refractivity contribution in [2.24, 2.45) is 5.92 Å². The first-order valence-corrected chi connectivity index (χ1v) is 6.22. The maximum Gasteiger partial charge on any atom is 0.0796 e. The molecule has 1 unspecified atom stereocenters. The number of benzene rings is 1. The van der Waals surface area contributed by atoms with E-state index >= 15 is 0 Å². The van der Waals surface area contributed by atoms with Gasteiger partial charge in [-0.05, 0) is 29.9 Å². The van der Waals surface area contributed by atoms with Gasteiger partial charge in [-0.15, -0.1) is 0 Å². The molecule has 1 rings (SSSR count). The normalized spacial score (nSPS) is 13.4. The van der Waals surface area contributed by atoms with Crippen molar-refractivity contribution in [3.8, 4) is 0 Å². The van der Waals surface area contributed by atoms with Crippen LogP contribution in [0.4, 0.5) is 0 Å². The van der Waals surface area contributed by atoms with Crippen molar-refractivity contribution < 1.29 is 4.74 Å². The van der Waals surface area contributed by atoms with Crippen LogP contribution < -0.4 is 0 Å². The van der Waals surface area contributed by atoms with Crippen LogP contribution in [0.2, 0.25) is 0 Å². The molecule has 16 heavy (non-hydrogen) atoms. The van der Waals surface area contributed by atoms with Gasteiger partial charge in [0.15, 0.2) is 0 Å². The van der Waals surface area contributed by atoms with Crippen LogP contribution in [0, 0.1) is 5.92 Å². The second-order valence-electron chi connectivity index (χ2n) is 5.19. The third-order valence-corrected chi connectivity index (χ3v) is 2.75. The minimum Gasteiger partial charge on any atom is -0.374 e. The first kappa shape index (κ1) is 13.2. The third-order valence-electron chi connectivity index (χ3n) is 2.75. The van der Waals surface area contributed by atoms with Crippen LogP contribution in [0.5, 0.6) is 0 Å². The monoisotopic (exact) mass is 220 g/mol. The highest BCUT2D eigenvalue weighted by Gasteiger charge is 2.07. The second-order valence-corrected chi connectivity index (χ2v) is 5.19. The Hall–Kier alpha value is -0.820. The van der Waals surface area contributed by atoms with E-state index in [0.29, 0.717) is 11.8 Å². The predicted molar refractivity (Wildman–Crippen MR) is 69.7 cm³/mol. The molecular formula is C15H24O. The van der Waals surface area contributed by atoms with E-state index in [1.807, 2.05) is 0 Å². The van der Waals surface area contributed by atoms with E-state index in [4.69, 9.17) is 4.74 Å². The second kappa shape index (κ2) is 6.05. The van der Waals surface area contributed by atoms with Crippen molar-refractivity contribution in [3.05, 3.63) is 35.4 Å². The molecule has 0 N–H and O–H groups in total. The van der Waals surface area contributed by atoms with E-state index < -0.39 is 0 Å². The largest absolute Gasteiger partial charge is 0.374 e. The third kappa shape index (κ3) is 3.97. The highest BCUT2D eigenvalue weighted by molar-refractivity contribution is 5.25. The predicted octanol–water partition coefficient (Wildman–Crippen LogP) is 4.54. The van der Waals surface area contributed by atoms with Crippen LogP contribution in [0.15, 0.2) is 24.3 Å². The standard InChI is InChI=1S/C15H24O/c1-11(2)10-16-13(5)15-8-6-14(7-9-15)12(3)4/h6-9,11-13H,10H2,1-5H3. The molecular weight excluding hydrogens is 196 g/mol. The van der Waals surface area contributed by atoms with Crippen molar-refractivity contribution in [3.63, 3.8) is 0 Å². The molecule has 0 radical (unpaired) electrons. The van der Waals surface area contributed by atoms with Crippen LogP contribution in [-0.2, 0) is 4.74 Å². The summed E-state index contributed by atoms with van der Waals surface area (Å²) in [5.74, 6) is 1.19. The molecule has 0 amide bonds. The summed E-state index contributed by atoms with van der Waals surface area (Å²) in [7, 11) is 0. The minimum absolute atomic E-state index is 0.198. The van der Waals surface area contributed by atoms with Gasteiger partial charge in [-0.2, -0.15) is 0 Å². The first-order valence-electron chi connectivity index (χ1n) is 6.22. The summed E-state index contributed by atoms with van der Waals surface area (Å²) in [6.07, 6.45) is 0.198. The van der Waals surface area contributed by atoms with Crippen LogP contribution in [-0.4, -0.2) is 6.61 Å². The van der Waals surface area contributed by atoms with Crippen molar-refractivity contribution in [1.29, 1.82) is 0 Å². The summed E-state index contributed by atoms with van der Waals surface area (Å²) in [6, 6.07) is 8.77. The van der Waals surface area contributed by atoms with Crippen molar-refractivity contribution in [2.45, 2.75) is 46.6 Å². The number of hydrogen-bond acceptors (Lipinski definition) is 1. The molecule has 1 aromatic rings. The van der Waals surface area contributed by atoms with E-state index in [2.05, 4.69) is 58.9 Å². The summed E-state index contributed by atoms with van der Waals surface area (Å²) < 4.78 is 5.79. The lowest BCUT2D eigenvalue weighted by Gasteiger charge is -2.16. The average molecular weight is 220 g/mol. The molecule has 1 nitrogen and oxygen atoms in total. The van der Waals surface area contributed by atoms with Crippen LogP contribution in [0.25, 0.3) is 0 Å². The SMILES string of the molecule is CC(C)COC(C)c1ccc(C(C)C)cc1. The smallest absolute Gasteiger partial charge is 0.0796 e. The molecule has 0 fully saturated rings. The van der Waals surface area contributed by atoms with Gasteiger partial charge in [0.1, 0.15) is 0 Å². The Kier molecular flexibility index (Phi) is 5.01. The van der Waals surface area contributed by atoms with Gasteiger partial charge in [-0.25, -0.2) is 0 Å². The lowest BCUT2D eigenvalue weighted by Crippen LogP contribution is -2.06. The summed E-state index contributed by atoms with van der Waals surface area (Å²) in [6.45, 7) is 11.7. The fourth-order valence-corrected chi connectivity index (χ4v) is 1.58. The Bertz CT molecular complexity index is 298. The molecule has 1 atom stereocenters. The molecule has 0 heterocycles. The molecule has 0 aromatic heterocycles. The maximum atomic E-state index is 5.79. The van der Waals surface area contributed by atoms with Gasteiger partial charge in [0.2, 0.25) is 0 Å². The maximum absolute atomic E-state index is 5.79. The molecule has 90 valence electrons. The topological polar surface area (TPSA) is 9.23 Å².